The van der Waals surface area contributed by atoms with Crippen LogP contribution in [0.3, 0.4) is 0 Å². The molecule has 0 aliphatic rings. The minimum Gasteiger partial charge on any atom is -0.305 e. The summed E-state index contributed by atoms with van der Waals surface area (Å²) in [4.78, 5) is 8.72. The molecule has 0 aliphatic carbocycles. The Morgan fingerprint density at radius 3 is 1.77 bits per heavy atom. The number of aromatic nitrogens is 2. The van der Waals surface area contributed by atoms with Crippen LogP contribution in [-0.4, -0.2) is 9.97 Å². The zero-order valence-corrected chi connectivity index (χ0v) is 24.5. The molecule has 0 saturated carbocycles. The van der Waals surface area contributed by atoms with Gasteiger partial charge >= 0.3 is 0 Å². The molecule has 1 atom stereocenters. The number of rotatable bonds is 6. The van der Waals surface area contributed by atoms with E-state index in [0.29, 0.717) is 11.1 Å². The van der Waals surface area contributed by atoms with Gasteiger partial charge < -0.3 is 9.97 Å². The molecule has 6 aromatic rings. The van der Waals surface area contributed by atoms with E-state index in [1.165, 1.54) is 0 Å². The quantitative estimate of drug-likeness (QED) is 0.163. The monoisotopic (exact) mass is 698 g/mol. The predicted octanol–water partition coefficient (Wildman–Crippen LogP) is 8.84. The summed E-state index contributed by atoms with van der Waals surface area (Å²) in [7, 11) is 0. The summed E-state index contributed by atoms with van der Waals surface area (Å²) in [5, 5.41) is 0. The van der Waals surface area contributed by atoms with Crippen molar-refractivity contribution in [2.45, 2.75) is 19.2 Å². The van der Waals surface area contributed by atoms with Gasteiger partial charge in [0.25, 0.3) is 0 Å². The molecule has 4 aromatic carbocycles. The summed E-state index contributed by atoms with van der Waals surface area (Å²) in [6, 6.07) is 48.1. The molecule has 3 heteroatoms. The minimum absolute atomic E-state index is 0. The van der Waals surface area contributed by atoms with E-state index in [1.54, 1.807) is 36.7 Å². The minimum atomic E-state index is -1.55. The second-order valence-corrected chi connectivity index (χ2v) is 8.89. The Morgan fingerprint density at radius 2 is 1.18 bits per heavy atom. The molecule has 1 radical (unpaired) electrons. The Kier molecular flexibility index (Phi) is 9.21. The van der Waals surface area contributed by atoms with E-state index in [4.69, 9.17) is 4.11 Å². The Balaban J connectivity index is 0.000000192. The third-order valence-electron chi connectivity index (χ3n) is 6.19. The van der Waals surface area contributed by atoms with Crippen LogP contribution in [0.5, 0.6) is 0 Å². The first-order chi connectivity index (χ1) is 20.4. The van der Waals surface area contributed by atoms with Crippen LogP contribution in [0.25, 0.3) is 22.5 Å². The normalized spacial score (nSPS) is 13.2. The standard InChI is InChI=1S/C19H16N.C18H14N.Ir/c1-15(16-8-4-2-5-9-16)18-12-13-20-19(14-18)17-10-6-3-7-11-17;1-3-7-15(8-4-1)13-16-11-12-19-18(14-16)17-9-5-2-6-10-17;/h2-10,12-15H,1H3;1-9,11-12,14H,13H2;/q2*-1;/i15D;13D2;. The van der Waals surface area contributed by atoms with Crippen LogP contribution >= 0.6 is 0 Å². The molecule has 0 fully saturated rings. The van der Waals surface area contributed by atoms with Crippen molar-refractivity contribution >= 4 is 0 Å². The fourth-order valence-electron chi connectivity index (χ4n) is 4.11. The molecular weight excluding hydrogens is 665 g/mol. The van der Waals surface area contributed by atoms with Crippen molar-refractivity contribution in [2.75, 3.05) is 0 Å². The van der Waals surface area contributed by atoms with Gasteiger partial charge in [-0.25, -0.2) is 0 Å². The fourth-order valence-corrected chi connectivity index (χ4v) is 4.11. The Bertz CT molecular complexity index is 1580. The van der Waals surface area contributed by atoms with Gasteiger partial charge in [0.2, 0.25) is 0 Å². The van der Waals surface area contributed by atoms with Gasteiger partial charge in [0, 0.05) is 42.5 Å². The molecule has 0 spiro atoms. The molecule has 2 heterocycles. The zero-order chi connectivity index (χ0) is 29.4. The molecule has 6 rings (SSSR count). The van der Waals surface area contributed by atoms with Crippen molar-refractivity contribution in [3.8, 4) is 22.5 Å². The molecule has 0 N–H and O–H groups in total. The SMILES string of the molecule is [2H]C(C)(c1ccccc1)c1ccnc(-c2[c-]cccc2)c1.[2H]C([2H])(c1ccccc1)c1ccnc(-c2[c-]cccc2)c1.[Ir]. The second-order valence-electron chi connectivity index (χ2n) is 8.89. The van der Waals surface area contributed by atoms with E-state index in [1.807, 2.05) is 116 Å². The number of hydrogen-bond acceptors (Lipinski definition) is 2. The maximum Gasteiger partial charge on any atom is 0.0399 e. The van der Waals surface area contributed by atoms with Crippen molar-refractivity contribution in [1.82, 2.24) is 9.97 Å². The van der Waals surface area contributed by atoms with Crippen LogP contribution < -0.4 is 0 Å². The summed E-state index contributed by atoms with van der Waals surface area (Å²) in [5.41, 5.74) is 6.52. The van der Waals surface area contributed by atoms with E-state index < -0.39 is 12.3 Å². The van der Waals surface area contributed by atoms with Gasteiger partial charge in [-0.1, -0.05) is 79.7 Å². The van der Waals surface area contributed by atoms with Crippen LogP contribution in [0.1, 0.15) is 39.2 Å². The van der Waals surface area contributed by atoms with Gasteiger partial charge in [0.05, 0.1) is 0 Å². The van der Waals surface area contributed by atoms with Crippen LogP contribution in [0.15, 0.2) is 146 Å². The van der Waals surface area contributed by atoms with Gasteiger partial charge in [-0.2, -0.15) is 0 Å². The van der Waals surface area contributed by atoms with Crippen LogP contribution in [-0.2, 0) is 26.5 Å². The molecule has 2 nitrogen and oxygen atoms in total. The largest absolute Gasteiger partial charge is 0.305 e. The van der Waals surface area contributed by atoms with E-state index in [0.717, 1.165) is 33.6 Å². The van der Waals surface area contributed by atoms with Crippen LogP contribution in [0.4, 0.5) is 0 Å². The van der Waals surface area contributed by atoms with E-state index in [9.17, 15) is 0 Å². The van der Waals surface area contributed by atoms with E-state index in [2.05, 4.69) is 22.1 Å². The summed E-state index contributed by atoms with van der Waals surface area (Å²) in [5.74, 6) is -0.798. The molecule has 199 valence electrons. The Hall–Kier alpha value is -4.17. The molecule has 40 heavy (non-hydrogen) atoms. The first kappa shape index (κ1) is 24.8. The van der Waals surface area contributed by atoms with Crippen molar-refractivity contribution in [1.29, 1.82) is 0 Å². The summed E-state index contributed by atoms with van der Waals surface area (Å²) in [6.45, 7) is 1.91. The van der Waals surface area contributed by atoms with Crippen LogP contribution in [0.2, 0.25) is 0 Å². The molecule has 0 saturated heterocycles. The molecule has 0 aliphatic heterocycles. The summed E-state index contributed by atoms with van der Waals surface area (Å²) in [6.07, 6.45) is 1.86. The third-order valence-corrected chi connectivity index (χ3v) is 6.19. The molecule has 0 amide bonds. The van der Waals surface area contributed by atoms with Gasteiger partial charge in [-0.05, 0) is 52.1 Å². The predicted molar refractivity (Wildman–Crippen MR) is 160 cm³/mol. The van der Waals surface area contributed by atoms with Crippen molar-refractivity contribution < 1.29 is 24.2 Å². The summed E-state index contributed by atoms with van der Waals surface area (Å²) >= 11 is 0. The third kappa shape index (κ3) is 7.92. The van der Waals surface area contributed by atoms with Gasteiger partial charge in [0.1, 0.15) is 0 Å². The van der Waals surface area contributed by atoms with Crippen LogP contribution in [0, 0.1) is 12.1 Å². The second kappa shape index (κ2) is 14.8. The van der Waals surface area contributed by atoms with E-state index >= 15 is 0 Å². The number of nitrogens with zero attached hydrogens (tertiary/aromatic N) is 2. The first-order valence-electron chi connectivity index (χ1n) is 14.3. The Labute approximate surface area is 255 Å². The molecule has 1 unspecified atom stereocenters. The average molecular weight is 698 g/mol. The number of pyridine rings is 2. The summed E-state index contributed by atoms with van der Waals surface area (Å²) < 4.78 is 25.5. The maximum atomic E-state index is 8.73. The van der Waals surface area contributed by atoms with Gasteiger partial charge in [-0.15, -0.1) is 71.8 Å². The maximum absolute atomic E-state index is 8.73. The van der Waals surface area contributed by atoms with Gasteiger partial charge in [-0.3, -0.25) is 0 Å². The Morgan fingerprint density at radius 1 is 0.625 bits per heavy atom. The zero-order valence-electron chi connectivity index (χ0n) is 25.1. The fraction of sp³-hybridized carbons (Fsp3) is 0.0811. The molecular formula is C37H30IrN2-2. The number of hydrogen-bond donors (Lipinski definition) is 0. The van der Waals surface area contributed by atoms with Crippen molar-refractivity contribution in [2.24, 2.45) is 0 Å². The van der Waals surface area contributed by atoms with Crippen molar-refractivity contribution in [3.63, 3.8) is 0 Å². The van der Waals surface area contributed by atoms with E-state index in [-0.39, 0.29) is 20.1 Å². The average Bonchev–Trinajstić information content (AvgIpc) is 3.07. The first-order valence-corrected chi connectivity index (χ1v) is 12.8. The number of benzene rings is 4. The molecule has 0 bridgehead atoms. The van der Waals surface area contributed by atoms with Gasteiger partial charge in [0.15, 0.2) is 0 Å². The smallest absolute Gasteiger partial charge is 0.0399 e. The topological polar surface area (TPSA) is 25.8 Å². The molecule has 2 aromatic heterocycles. The van der Waals surface area contributed by atoms with Crippen molar-refractivity contribution in [3.05, 3.63) is 180 Å².